The zero-order valence-electron chi connectivity index (χ0n) is 11.0. The van der Waals surface area contributed by atoms with Crippen molar-refractivity contribution in [1.82, 2.24) is 4.90 Å². The van der Waals surface area contributed by atoms with Crippen LogP contribution in [0.25, 0.3) is 0 Å². The quantitative estimate of drug-likeness (QED) is 0.796. The summed E-state index contributed by atoms with van der Waals surface area (Å²) in [4.78, 5) is 14.0. The van der Waals surface area contributed by atoms with Gasteiger partial charge in [0.05, 0.1) is 19.8 Å². The molecule has 1 saturated heterocycles. The van der Waals surface area contributed by atoms with Crippen molar-refractivity contribution in [3.05, 3.63) is 29.8 Å². The van der Waals surface area contributed by atoms with Gasteiger partial charge < -0.3 is 14.4 Å². The maximum Gasteiger partial charge on any atom is 0.245 e. The normalized spacial score (nSPS) is 17.1. The number of nitrogens with zero attached hydrogens (tertiary/aromatic N) is 1. The van der Waals surface area contributed by atoms with Gasteiger partial charge in [-0.25, -0.2) is 0 Å². The molecule has 0 aromatic heterocycles. The predicted molar refractivity (Wildman–Crippen MR) is 73.6 cm³/mol. The Hall–Kier alpha value is -1.26. The monoisotopic (exact) mass is 283 g/mol. The molecule has 0 aliphatic carbocycles. The summed E-state index contributed by atoms with van der Waals surface area (Å²) >= 11 is 6.25. The molecule has 1 fully saturated rings. The third kappa shape index (κ3) is 3.61. The Balaban J connectivity index is 2.01. The molecule has 19 heavy (non-hydrogen) atoms. The van der Waals surface area contributed by atoms with Gasteiger partial charge in [-0.1, -0.05) is 12.1 Å². The molecule has 1 aliphatic heterocycles. The lowest BCUT2D eigenvalue weighted by molar-refractivity contribution is -0.134. The van der Waals surface area contributed by atoms with E-state index in [1.807, 2.05) is 31.2 Å². The lowest BCUT2D eigenvalue weighted by atomic mass is 10.1. The molecule has 1 aromatic carbocycles. The van der Waals surface area contributed by atoms with Crippen molar-refractivity contribution in [1.29, 1.82) is 0 Å². The molecule has 0 saturated carbocycles. The average Bonchev–Trinajstić information content (AvgIpc) is 2.48. The summed E-state index contributed by atoms with van der Waals surface area (Å²) in [6, 6.07) is 7.34. The largest absolute Gasteiger partial charge is 0.494 e. The number of benzene rings is 1. The van der Waals surface area contributed by atoms with Crippen LogP contribution in [0.15, 0.2) is 24.3 Å². The smallest absolute Gasteiger partial charge is 0.245 e. The van der Waals surface area contributed by atoms with Crippen molar-refractivity contribution in [2.24, 2.45) is 0 Å². The molecule has 5 heteroatoms. The Morgan fingerprint density at radius 1 is 1.37 bits per heavy atom. The van der Waals surface area contributed by atoms with Crippen molar-refractivity contribution in [2.75, 3.05) is 32.9 Å². The van der Waals surface area contributed by atoms with E-state index >= 15 is 0 Å². The van der Waals surface area contributed by atoms with Gasteiger partial charge >= 0.3 is 0 Å². The minimum Gasteiger partial charge on any atom is -0.494 e. The molecular formula is C14H18ClNO3. The predicted octanol–water partition coefficient (Wildman–Crippen LogP) is 2.22. The summed E-state index contributed by atoms with van der Waals surface area (Å²) in [7, 11) is 0. The summed E-state index contributed by atoms with van der Waals surface area (Å²) in [5.74, 6) is 0.725. The van der Waals surface area contributed by atoms with E-state index in [2.05, 4.69) is 0 Å². The molecule has 4 nitrogen and oxygen atoms in total. The number of amides is 1. The van der Waals surface area contributed by atoms with Crippen LogP contribution in [-0.2, 0) is 9.53 Å². The number of carbonyl (C=O) groups excluding carboxylic acids is 1. The molecule has 1 amide bonds. The molecule has 0 N–H and O–H groups in total. The van der Waals surface area contributed by atoms with Crippen LogP contribution in [0, 0.1) is 0 Å². The second-order valence-electron chi connectivity index (χ2n) is 4.30. The highest BCUT2D eigenvalue weighted by Crippen LogP contribution is 2.25. The van der Waals surface area contributed by atoms with E-state index in [1.54, 1.807) is 4.90 Å². The third-order valence-corrected chi connectivity index (χ3v) is 3.46. The van der Waals surface area contributed by atoms with Crippen molar-refractivity contribution in [2.45, 2.75) is 12.3 Å². The number of rotatable bonds is 4. The molecule has 1 aliphatic rings. The van der Waals surface area contributed by atoms with Gasteiger partial charge in [0.15, 0.2) is 0 Å². The molecule has 1 unspecified atom stereocenters. The van der Waals surface area contributed by atoms with Crippen LogP contribution in [0.3, 0.4) is 0 Å². The van der Waals surface area contributed by atoms with E-state index in [0.717, 1.165) is 11.3 Å². The second-order valence-corrected chi connectivity index (χ2v) is 4.74. The molecule has 1 atom stereocenters. The summed E-state index contributed by atoms with van der Waals surface area (Å²) in [5, 5.41) is -0.645. The highest BCUT2D eigenvalue weighted by molar-refractivity contribution is 6.30. The topological polar surface area (TPSA) is 38.8 Å². The first kappa shape index (κ1) is 14.2. The lowest BCUT2D eigenvalue weighted by Crippen LogP contribution is -2.42. The van der Waals surface area contributed by atoms with Crippen LogP contribution in [-0.4, -0.2) is 43.7 Å². The Labute approximate surface area is 118 Å². The molecule has 104 valence electrons. The first-order valence-corrected chi connectivity index (χ1v) is 6.89. The van der Waals surface area contributed by atoms with Gasteiger partial charge in [0.25, 0.3) is 0 Å². The van der Waals surface area contributed by atoms with Crippen LogP contribution in [0.5, 0.6) is 5.75 Å². The number of carbonyl (C=O) groups is 1. The molecule has 2 rings (SSSR count). The first-order valence-electron chi connectivity index (χ1n) is 6.45. The number of hydrogen-bond acceptors (Lipinski definition) is 3. The minimum absolute atomic E-state index is 0.0610. The van der Waals surface area contributed by atoms with Gasteiger partial charge in [-0.15, -0.1) is 11.6 Å². The van der Waals surface area contributed by atoms with Crippen molar-refractivity contribution >= 4 is 17.5 Å². The van der Waals surface area contributed by atoms with Crippen molar-refractivity contribution in [3.8, 4) is 5.75 Å². The second kappa shape index (κ2) is 6.78. The van der Waals surface area contributed by atoms with Crippen molar-refractivity contribution < 1.29 is 14.3 Å². The fraction of sp³-hybridized carbons (Fsp3) is 0.500. The fourth-order valence-electron chi connectivity index (χ4n) is 1.99. The SMILES string of the molecule is CCOc1ccc(C(Cl)C(=O)N2CCOCC2)cc1. The van der Waals surface area contributed by atoms with Gasteiger partial charge in [-0.2, -0.15) is 0 Å². The first-order chi connectivity index (χ1) is 9.22. The van der Waals surface area contributed by atoms with Gasteiger partial charge in [-0.3, -0.25) is 4.79 Å². The summed E-state index contributed by atoms with van der Waals surface area (Å²) in [6.07, 6.45) is 0. The molecular weight excluding hydrogens is 266 g/mol. The summed E-state index contributed by atoms with van der Waals surface area (Å²) < 4.78 is 10.6. The minimum atomic E-state index is -0.645. The van der Waals surface area contributed by atoms with E-state index in [1.165, 1.54) is 0 Å². The zero-order chi connectivity index (χ0) is 13.7. The Morgan fingerprint density at radius 3 is 2.58 bits per heavy atom. The van der Waals surface area contributed by atoms with Gasteiger partial charge in [0.2, 0.25) is 5.91 Å². The van der Waals surface area contributed by atoms with Crippen LogP contribution in [0.1, 0.15) is 17.9 Å². The summed E-state index contributed by atoms with van der Waals surface area (Å²) in [5.41, 5.74) is 0.793. The standard InChI is InChI=1S/C14H18ClNO3/c1-2-19-12-5-3-11(4-6-12)13(15)14(17)16-7-9-18-10-8-16/h3-6,13H,2,7-10H2,1H3. The average molecular weight is 284 g/mol. The van der Waals surface area contributed by atoms with Gasteiger partial charge in [0.1, 0.15) is 11.1 Å². The lowest BCUT2D eigenvalue weighted by Gasteiger charge is -2.28. The highest BCUT2D eigenvalue weighted by Gasteiger charge is 2.25. The molecule has 0 bridgehead atoms. The van der Waals surface area contributed by atoms with E-state index < -0.39 is 5.38 Å². The maximum absolute atomic E-state index is 12.2. The molecule has 1 heterocycles. The summed E-state index contributed by atoms with van der Waals surface area (Å²) in [6.45, 7) is 4.94. The number of hydrogen-bond donors (Lipinski definition) is 0. The highest BCUT2D eigenvalue weighted by atomic mass is 35.5. The Bertz CT molecular complexity index is 415. The maximum atomic E-state index is 12.2. The number of halogens is 1. The van der Waals surface area contributed by atoms with Gasteiger partial charge in [-0.05, 0) is 24.6 Å². The number of morpholine rings is 1. The van der Waals surface area contributed by atoms with Crippen LogP contribution in [0.4, 0.5) is 0 Å². The molecule has 0 spiro atoms. The third-order valence-electron chi connectivity index (χ3n) is 3.02. The Kier molecular flexibility index (Phi) is 5.05. The van der Waals surface area contributed by atoms with Crippen LogP contribution >= 0.6 is 11.6 Å². The number of ether oxygens (including phenoxy) is 2. The van der Waals surface area contributed by atoms with Crippen molar-refractivity contribution in [3.63, 3.8) is 0 Å². The molecule has 1 aromatic rings. The van der Waals surface area contributed by atoms with E-state index in [0.29, 0.717) is 32.9 Å². The number of alkyl halides is 1. The van der Waals surface area contributed by atoms with Gasteiger partial charge in [0, 0.05) is 13.1 Å². The zero-order valence-corrected chi connectivity index (χ0v) is 11.7. The van der Waals surface area contributed by atoms with E-state index in [-0.39, 0.29) is 5.91 Å². The Morgan fingerprint density at radius 2 is 2.00 bits per heavy atom. The van der Waals surface area contributed by atoms with E-state index in [9.17, 15) is 4.79 Å². The fourth-order valence-corrected chi connectivity index (χ4v) is 2.27. The van der Waals surface area contributed by atoms with Crippen LogP contribution in [0.2, 0.25) is 0 Å². The molecule has 0 radical (unpaired) electrons. The van der Waals surface area contributed by atoms with Crippen LogP contribution < -0.4 is 4.74 Å². The van der Waals surface area contributed by atoms with E-state index in [4.69, 9.17) is 21.1 Å².